The van der Waals surface area contributed by atoms with Crippen molar-refractivity contribution in [1.82, 2.24) is 9.88 Å². The summed E-state index contributed by atoms with van der Waals surface area (Å²) < 4.78 is 5.46. The fourth-order valence-corrected chi connectivity index (χ4v) is 1.47. The highest BCUT2D eigenvalue weighted by molar-refractivity contribution is 5.96. The Balaban J connectivity index is 2.89. The highest BCUT2D eigenvalue weighted by Gasteiger charge is 2.26. The summed E-state index contributed by atoms with van der Waals surface area (Å²) in [4.78, 5) is 33.0. The highest BCUT2D eigenvalue weighted by Crippen LogP contribution is 2.14. The molecule has 1 amide bonds. The van der Waals surface area contributed by atoms with Crippen molar-refractivity contribution in [1.29, 1.82) is 0 Å². The molecule has 1 aromatic heterocycles. The van der Waals surface area contributed by atoms with E-state index < -0.39 is 29.4 Å². The number of carbonyl (C=O) groups is 2. The molecule has 1 heterocycles. The van der Waals surface area contributed by atoms with Gasteiger partial charge in [-0.1, -0.05) is 0 Å². The third kappa shape index (κ3) is 3.07. The maximum atomic E-state index is 11.8. The minimum Gasteiger partial charge on any atom is -0.467 e. The topological polar surface area (TPSA) is 124 Å². The number of ether oxygens (including phenoxy) is 1. The number of nitro groups is 1. The number of hydrogen-bond donors (Lipinski definition) is 2. The summed E-state index contributed by atoms with van der Waals surface area (Å²) in [7, 11) is 2.46. The van der Waals surface area contributed by atoms with Crippen molar-refractivity contribution in [2.45, 2.75) is 6.04 Å². The van der Waals surface area contributed by atoms with E-state index >= 15 is 0 Å². The van der Waals surface area contributed by atoms with Crippen LogP contribution in [-0.4, -0.2) is 46.2 Å². The first-order valence-corrected chi connectivity index (χ1v) is 5.22. The smallest absolute Gasteiger partial charge is 0.330 e. The zero-order chi connectivity index (χ0) is 14.6. The van der Waals surface area contributed by atoms with Gasteiger partial charge in [-0.2, -0.15) is 0 Å². The Morgan fingerprint density at radius 3 is 2.63 bits per heavy atom. The van der Waals surface area contributed by atoms with E-state index in [4.69, 9.17) is 5.11 Å². The van der Waals surface area contributed by atoms with E-state index in [1.54, 1.807) is 0 Å². The van der Waals surface area contributed by atoms with Crippen molar-refractivity contribution < 1.29 is 24.4 Å². The van der Waals surface area contributed by atoms with Gasteiger partial charge in [-0.3, -0.25) is 4.79 Å². The number of aromatic nitrogens is 1. The van der Waals surface area contributed by atoms with Crippen LogP contribution < -0.4 is 5.32 Å². The summed E-state index contributed by atoms with van der Waals surface area (Å²) in [5.41, 5.74) is -0.00551. The molecule has 0 saturated heterocycles. The summed E-state index contributed by atoms with van der Waals surface area (Å²) in [5, 5.41) is 21.8. The van der Waals surface area contributed by atoms with Crippen LogP contribution in [-0.2, 0) is 16.6 Å². The van der Waals surface area contributed by atoms with Crippen molar-refractivity contribution in [3.8, 4) is 0 Å². The van der Waals surface area contributed by atoms with Crippen LogP contribution in [0.5, 0.6) is 0 Å². The molecule has 2 N–H and O–H groups in total. The molecule has 0 radical (unpaired) electrons. The summed E-state index contributed by atoms with van der Waals surface area (Å²) >= 11 is 0. The molecule has 1 rings (SSSR count). The molecule has 0 aliphatic carbocycles. The first-order valence-electron chi connectivity index (χ1n) is 5.22. The zero-order valence-corrected chi connectivity index (χ0v) is 10.3. The molecule has 9 nitrogen and oxygen atoms in total. The monoisotopic (exact) mass is 271 g/mol. The standard InChI is InChI=1S/C10H13N3O6/c1-12-7(3-4-8(12)13(17)18)9(15)11-6(5-14)10(16)19-2/h3-4,6,14H,5H2,1-2H3,(H,11,15). The Morgan fingerprint density at radius 1 is 1.58 bits per heavy atom. The number of amides is 1. The lowest BCUT2D eigenvalue weighted by Crippen LogP contribution is -2.44. The third-order valence-electron chi connectivity index (χ3n) is 2.49. The van der Waals surface area contributed by atoms with Crippen LogP contribution in [0.25, 0.3) is 0 Å². The van der Waals surface area contributed by atoms with Gasteiger partial charge >= 0.3 is 11.8 Å². The second-order valence-electron chi connectivity index (χ2n) is 3.62. The lowest BCUT2D eigenvalue weighted by Gasteiger charge is -2.12. The molecule has 1 unspecified atom stereocenters. The van der Waals surface area contributed by atoms with Crippen LogP contribution in [0.4, 0.5) is 5.82 Å². The van der Waals surface area contributed by atoms with Crippen LogP contribution in [0, 0.1) is 10.1 Å². The number of methoxy groups -OCH3 is 1. The number of nitrogens with one attached hydrogen (secondary N) is 1. The lowest BCUT2D eigenvalue weighted by atomic mass is 10.3. The van der Waals surface area contributed by atoms with Gasteiger partial charge in [0.25, 0.3) is 5.91 Å². The van der Waals surface area contributed by atoms with Crippen LogP contribution >= 0.6 is 0 Å². The van der Waals surface area contributed by atoms with E-state index in [9.17, 15) is 19.7 Å². The van der Waals surface area contributed by atoms with Crippen LogP contribution in [0.3, 0.4) is 0 Å². The largest absolute Gasteiger partial charge is 0.467 e. The van der Waals surface area contributed by atoms with Gasteiger partial charge in [-0.15, -0.1) is 0 Å². The predicted octanol–water partition coefficient (Wildman–Crippen LogP) is -0.803. The van der Waals surface area contributed by atoms with Crippen molar-refractivity contribution >= 4 is 17.7 Å². The van der Waals surface area contributed by atoms with Gasteiger partial charge in [0.1, 0.15) is 0 Å². The SMILES string of the molecule is COC(=O)C(CO)NC(=O)c1ccc([N+](=O)[O-])n1C. The number of hydrogen-bond acceptors (Lipinski definition) is 6. The van der Waals surface area contributed by atoms with Crippen LogP contribution in [0.2, 0.25) is 0 Å². The molecule has 0 aliphatic rings. The first-order chi connectivity index (χ1) is 8.92. The molecule has 0 aromatic carbocycles. The Bertz CT molecular complexity index is 509. The third-order valence-corrected chi connectivity index (χ3v) is 2.49. The Labute approximate surface area is 107 Å². The minimum atomic E-state index is -1.22. The second-order valence-corrected chi connectivity index (χ2v) is 3.62. The van der Waals surface area contributed by atoms with Crippen molar-refractivity contribution in [3.05, 3.63) is 27.9 Å². The van der Waals surface area contributed by atoms with E-state index in [2.05, 4.69) is 10.1 Å². The molecule has 1 aromatic rings. The van der Waals surface area contributed by atoms with Gasteiger partial charge in [0, 0.05) is 6.07 Å². The fraction of sp³-hybridized carbons (Fsp3) is 0.400. The highest BCUT2D eigenvalue weighted by atomic mass is 16.6. The molecule has 0 bridgehead atoms. The molecule has 19 heavy (non-hydrogen) atoms. The van der Waals surface area contributed by atoms with E-state index in [0.717, 1.165) is 11.7 Å². The van der Waals surface area contributed by atoms with Crippen LogP contribution in [0.1, 0.15) is 10.5 Å². The summed E-state index contributed by atoms with van der Waals surface area (Å²) in [6.45, 7) is -0.634. The van der Waals surface area contributed by atoms with E-state index in [-0.39, 0.29) is 11.5 Å². The quantitative estimate of drug-likeness (QED) is 0.410. The fourth-order valence-electron chi connectivity index (χ4n) is 1.47. The Kier molecular flexibility index (Phi) is 4.59. The molecule has 0 aliphatic heterocycles. The van der Waals surface area contributed by atoms with Gasteiger partial charge < -0.3 is 25.3 Å². The number of nitrogens with zero attached hydrogens (tertiary/aromatic N) is 2. The average Bonchev–Trinajstić information content (AvgIpc) is 2.76. The van der Waals surface area contributed by atoms with Crippen molar-refractivity contribution in [3.63, 3.8) is 0 Å². The maximum absolute atomic E-state index is 11.8. The summed E-state index contributed by atoms with van der Waals surface area (Å²) in [6.07, 6.45) is 0. The number of esters is 1. The molecular weight excluding hydrogens is 258 g/mol. The van der Waals surface area contributed by atoms with E-state index in [0.29, 0.717) is 0 Å². The molecular formula is C10H13N3O6. The Morgan fingerprint density at radius 2 is 2.21 bits per heavy atom. The van der Waals surface area contributed by atoms with Gasteiger partial charge in [0.15, 0.2) is 11.7 Å². The first kappa shape index (κ1) is 14.6. The molecule has 0 fully saturated rings. The predicted molar refractivity (Wildman–Crippen MR) is 62.4 cm³/mol. The van der Waals surface area contributed by atoms with Gasteiger partial charge in [-0.05, 0) is 11.0 Å². The lowest BCUT2D eigenvalue weighted by molar-refractivity contribution is -0.391. The molecule has 1 atom stereocenters. The Hall–Kier alpha value is -2.42. The molecule has 0 saturated carbocycles. The zero-order valence-electron chi connectivity index (χ0n) is 10.3. The number of aliphatic hydroxyl groups excluding tert-OH is 1. The summed E-state index contributed by atoms with van der Waals surface area (Å²) in [6, 6.07) is 1.20. The van der Waals surface area contributed by atoms with Gasteiger partial charge in [0.2, 0.25) is 0 Å². The molecule has 9 heteroatoms. The maximum Gasteiger partial charge on any atom is 0.330 e. The van der Waals surface area contributed by atoms with Gasteiger partial charge in [0.05, 0.1) is 20.8 Å². The molecule has 104 valence electrons. The normalized spacial score (nSPS) is 11.7. The van der Waals surface area contributed by atoms with E-state index in [1.165, 1.54) is 19.2 Å². The number of carbonyl (C=O) groups excluding carboxylic acids is 2. The van der Waals surface area contributed by atoms with Crippen molar-refractivity contribution in [2.24, 2.45) is 7.05 Å². The minimum absolute atomic E-state index is 0.00551. The van der Waals surface area contributed by atoms with E-state index in [1.807, 2.05) is 0 Å². The molecule has 0 spiro atoms. The number of rotatable bonds is 5. The van der Waals surface area contributed by atoms with Crippen LogP contribution in [0.15, 0.2) is 12.1 Å². The van der Waals surface area contributed by atoms with Crippen molar-refractivity contribution in [2.75, 3.05) is 13.7 Å². The van der Waals surface area contributed by atoms with Gasteiger partial charge in [-0.25, -0.2) is 9.36 Å². The summed E-state index contributed by atoms with van der Waals surface area (Å²) in [5.74, 6) is -1.79. The average molecular weight is 271 g/mol. The number of aliphatic hydroxyl groups is 1. The second kappa shape index (κ2) is 5.96.